The number of aryl methyl sites for hydroxylation is 1. The van der Waals surface area contributed by atoms with Gasteiger partial charge < -0.3 is 4.90 Å². The molecule has 0 atom stereocenters. The van der Waals surface area contributed by atoms with E-state index in [9.17, 15) is 9.18 Å². The van der Waals surface area contributed by atoms with Crippen molar-refractivity contribution in [2.24, 2.45) is 0 Å². The number of halogens is 2. The Hall–Kier alpha value is -1.43. The van der Waals surface area contributed by atoms with E-state index >= 15 is 0 Å². The average molecular weight is 395 g/mol. The highest BCUT2D eigenvalue weighted by atomic mass is 127. The molecule has 0 saturated heterocycles. The van der Waals surface area contributed by atoms with Gasteiger partial charge in [0.2, 0.25) is 0 Å². The number of carbonyl (C=O) groups is 1. The molecule has 21 heavy (non-hydrogen) atoms. The molecule has 1 aliphatic rings. The third-order valence-electron chi connectivity index (χ3n) is 3.91. The molecule has 0 radical (unpaired) electrons. The third kappa shape index (κ3) is 2.95. The van der Waals surface area contributed by atoms with Gasteiger partial charge in [-0.05, 0) is 76.9 Å². The molecular weight excluding hydrogens is 380 g/mol. The Bertz CT molecular complexity index is 714. The van der Waals surface area contributed by atoms with Gasteiger partial charge in [-0.25, -0.2) is 4.39 Å². The van der Waals surface area contributed by atoms with E-state index in [0.717, 1.165) is 32.2 Å². The zero-order valence-electron chi connectivity index (χ0n) is 11.7. The first-order valence-corrected chi connectivity index (χ1v) is 7.95. The van der Waals surface area contributed by atoms with Gasteiger partial charge in [0.05, 0.1) is 0 Å². The summed E-state index contributed by atoms with van der Waals surface area (Å²) in [4.78, 5) is 14.4. The fraction of sp³-hybridized carbons (Fsp3) is 0.235. The smallest absolute Gasteiger partial charge is 0.254 e. The van der Waals surface area contributed by atoms with Crippen LogP contribution >= 0.6 is 22.6 Å². The van der Waals surface area contributed by atoms with Gasteiger partial charge in [0.15, 0.2) is 0 Å². The molecule has 1 amide bonds. The Morgan fingerprint density at radius 2 is 2.05 bits per heavy atom. The van der Waals surface area contributed by atoms with Gasteiger partial charge in [-0.15, -0.1) is 0 Å². The van der Waals surface area contributed by atoms with E-state index in [1.54, 1.807) is 6.07 Å². The predicted octanol–water partition coefficient (Wildman–Crippen LogP) is 3.94. The van der Waals surface area contributed by atoms with Crippen molar-refractivity contribution in [3.8, 4) is 0 Å². The highest BCUT2D eigenvalue weighted by Crippen LogP contribution is 2.23. The summed E-state index contributed by atoms with van der Waals surface area (Å²) < 4.78 is 14.2. The van der Waals surface area contributed by atoms with Crippen LogP contribution in [0.5, 0.6) is 0 Å². The molecule has 2 aromatic rings. The van der Waals surface area contributed by atoms with Crippen molar-refractivity contribution in [1.29, 1.82) is 0 Å². The maximum atomic E-state index is 13.2. The SMILES string of the molecule is Cc1cc(F)ccc1CN1CCc2ccc(I)cc2C1=O. The van der Waals surface area contributed by atoms with Gasteiger partial charge in [-0.2, -0.15) is 0 Å². The molecule has 0 saturated carbocycles. The van der Waals surface area contributed by atoms with Crippen LogP contribution in [0.2, 0.25) is 0 Å². The molecular formula is C17H15FINO. The minimum absolute atomic E-state index is 0.0680. The van der Waals surface area contributed by atoms with Crippen molar-refractivity contribution in [1.82, 2.24) is 4.90 Å². The summed E-state index contributed by atoms with van der Waals surface area (Å²) in [5.74, 6) is -0.167. The van der Waals surface area contributed by atoms with Crippen LogP contribution in [0.4, 0.5) is 4.39 Å². The summed E-state index contributed by atoms with van der Waals surface area (Å²) in [5.41, 5.74) is 3.80. The van der Waals surface area contributed by atoms with E-state index in [4.69, 9.17) is 0 Å². The van der Waals surface area contributed by atoms with Crippen LogP contribution in [-0.2, 0) is 13.0 Å². The van der Waals surface area contributed by atoms with E-state index in [-0.39, 0.29) is 11.7 Å². The lowest BCUT2D eigenvalue weighted by molar-refractivity contribution is 0.0726. The summed E-state index contributed by atoms with van der Waals surface area (Å²) >= 11 is 2.22. The lowest BCUT2D eigenvalue weighted by Gasteiger charge is -2.29. The lowest BCUT2D eigenvalue weighted by atomic mass is 9.98. The highest BCUT2D eigenvalue weighted by molar-refractivity contribution is 14.1. The monoisotopic (exact) mass is 395 g/mol. The first-order chi connectivity index (χ1) is 10.0. The van der Waals surface area contributed by atoms with E-state index in [1.165, 1.54) is 12.1 Å². The van der Waals surface area contributed by atoms with Crippen LogP contribution in [0.3, 0.4) is 0 Å². The van der Waals surface area contributed by atoms with Crippen molar-refractivity contribution in [2.75, 3.05) is 6.54 Å². The molecule has 2 aromatic carbocycles. The van der Waals surface area contributed by atoms with Crippen molar-refractivity contribution >= 4 is 28.5 Å². The maximum Gasteiger partial charge on any atom is 0.254 e. The number of carbonyl (C=O) groups excluding carboxylic acids is 1. The molecule has 0 aromatic heterocycles. The number of benzene rings is 2. The number of nitrogens with zero attached hydrogens (tertiary/aromatic N) is 1. The quantitative estimate of drug-likeness (QED) is 0.706. The van der Waals surface area contributed by atoms with E-state index in [0.29, 0.717) is 13.1 Å². The van der Waals surface area contributed by atoms with Crippen LogP contribution in [-0.4, -0.2) is 17.4 Å². The molecule has 1 aliphatic heterocycles. The molecule has 0 unspecified atom stereocenters. The second-order valence-electron chi connectivity index (χ2n) is 5.35. The molecule has 0 fully saturated rings. The molecule has 3 rings (SSSR count). The summed E-state index contributed by atoms with van der Waals surface area (Å²) in [6.07, 6.45) is 0.873. The fourth-order valence-corrected chi connectivity index (χ4v) is 3.18. The Balaban J connectivity index is 1.86. The molecule has 0 spiro atoms. The summed E-state index contributed by atoms with van der Waals surface area (Å²) in [7, 11) is 0. The van der Waals surface area contributed by atoms with Crippen LogP contribution in [0.1, 0.15) is 27.0 Å². The Morgan fingerprint density at radius 3 is 2.81 bits per heavy atom. The minimum Gasteiger partial charge on any atom is -0.334 e. The zero-order valence-corrected chi connectivity index (χ0v) is 13.9. The van der Waals surface area contributed by atoms with E-state index < -0.39 is 0 Å². The first-order valence-electron chi connectivity index (χ1n) is 6.87. The van der Waals surface area contributed by atoms with Crippen molar-refractivity contribution in [2.45, 2.75) is 19.9 Å². The second-order valence-corrected chi connectivity index (χ2v) is 6.59. The third-order valence-corrected chi connectivity index (χ3v) is 4.58. The summed E-state index contributed by atoms with van der Waals surface area (Å²) in [6, 6.07) is 10.8. The number of amides is 1. The van der Waals surface area contributed by atoms with Crippen LogP contribution in [0.25, 0.3) is 0 Å². The Kier molecular flexibility index (Phi) is 3.97. The number of hydrogen-bond donors (Lipinski definition) is 0. The number of hydrogen-bond acceptors (Lipinski definition) is 1. The molecule has 0 N–H and O–H groups in total. The van der Waals surface area contributed by atoms with E-state index in [1.807, 2.05) is 30.0 Å². The van der Waals surface area contributed by atoms with Crippen LogP contribution in [0, 0.1) is 16.3 Å². The van der Waals surface area contributed by atoms with Gasteiger partial charge in [-0.1, -0.05) is 12.1 Å². The molecule has 4 heteroatoms. The highest BCUT2D eigenvalue weighted by Gasteiger charge is 2.24. The fourth-order valence-electron chi connectivity index (χ4n) is 2.69. The zero-order chi connectivity index (χ0) is 15.0. The molecule has 0 bridgehead atoms. The topological polar surface area (TPSA) is 20.3 Å². The minimum atomic E-state index is -0.235. The van der Waals surface area contributed by atoms with Gasteiger partial charge in [0, 0.05) is 22.2 Å². The first kappa shape index (κ1) is 14.5. The van der Waals surface area contributed by atoms with Crippen LogP contribution in [0.15, 0.2) is 36.4 Å². The number of fused-ring (bicyclic) bond motifs is 1. The van der Waals surface area contributed by atoms with Crippen molar-refractivity contribution in [3.63, 3.8) is 0 Å². The standard InChI is InChI=1S/C17H15FINO/c1-11-8-14(18)4-2-13(11)10-20-7-6-12-3-5-15(19)9-16(12)17(20)21/h2-5,8-9H,6-7,10H2,1H3. The molecule has 1 heterocycles. The maximum absolute atomic E-state index is 13.2. The van der Waals surface area contributed by atoms with Gasteiger partial charge in [0.25, 0.3) is 5.91 Å². The van der Waals surface area contributed by atoms with Crippen LogP contribution < -0.4 is 0 Å². The Labute approximate surface area is 137 Å². The van der Waals surface area contributed by atoms with E-state index in [2.05, 4.69) is 22.6 Å². The largest absolute Gasteiger partial charge is 0.334 e. The van der Waals surface area contributed by atoms with Crippen molar-refractivity contribution in [3.05, 3.63) is 68.0 Å². The Morgan fingerprint density at radius 1 is 1.24 bits per heavy atom. The van der Waals surface area contributed by atoms with Crippen molar-refractivity contribution < 1.29 is 9.18 Å². The number of rotatable bonds is 2. The van der Waals surface area contributed by atoms with Gasteiger partial charge in [-0.3, -0.25) is 4.79 Å². The molecule has 0 aliphatic carbocycles. The second kappa shape index (κ2) is 5.75. The molecule has 2 nitrogen and oxygen atoms in total. The summed E-state index contributed by atoms with van der Waals surface area (Å²) in [6.45, 7) is 3.13. The average Bonchev–Trinajstić information content (AvgIpc) is 2.45. The molecule has 108 valence electrons. The van der Waals surface area contributed by atoms with Gasteiger partial charge >= 0.3 is 0 Å². The predicted molar refractivity (Wildman–Crippen MR) is 88.7 cm³/mol. The normalized spacial score (nSPS) is 14.2. The van der Waals surface area contributed by atoms with Gasteiger partial charge in [0.1, 0.15) is 5.82 Å². The lowest BCUT2D eigenvalue weighted by Crippen LogP contribution is -2.37. The summed E-state index contributed by atoms with van der Waals surface area (Å²) in [5, 5.41) is 0.